The molecular formula is C37H42ClF5N6O2. The second kappa shape index (κ2) is 15.7. The third kappa shape index (κ3) is 7.90. The number of hydrogen-bond acceptors (Lipinski definition) is 7. The lowest BCUT2D eigenvalue weighted by molar-refractivity contribution is -0.163. The predicted molar refractivity (Wildman–Crippen MR) is 186 cm³/mol. The number of likely N-dealkylation sites (tertiary alicyclic amines) is 1. The highest BCUT2D eigenvalue weighted by Gasteiger charge is 2.48. The van der Waals surface area contributed by atoms with Gasteiger partial charge in [-0.15, -0.1) is 0 Å². The van der Waals surface area contributed by atoms with Crippen LogP contribution in [0.25, 0.3) is 11.3 Å². The first kappa shape index (κ1) is 38.2. The lowest BCUT2D eigenvalue weighted by Crippen LogP contribution is -2.62. The summed E-state index contributed by atoms with van der Waals surface area (Å²) in [5.41, 5.74) is -2.12. The van der Waals surface area contributed by atoms with E-state index in [-0.39, 0.29) is 56.7 Å². The number of carbonyl (C=O) groups excluding carboxylic acids is 1. The molecule has 0 aliphatic carbocycles. The molecule has 8 nitrogen and oxygen atoms in total. The molecule has 0 spiro atoms. The highest BCUT2D eigenvalue weighted by Crippen LogP contribution is 2.41. The van der Waals surface area contributed by atoms with Crippen LogP contribution < -0.4 is 5.32 Å². The number of rotatable bonds is 12. The van der Waals surface area contributed by atoms with E-state index in [2.05, 4.69) is 26.8 Å². The standard InChI is InChI=1S/C37H42ClF5N6O2/c1-5-36(6-2)34(50)31(23(3)46-28-15-14-26(38)19-27(28)29-20-30(37(41,42)43)45-22-44-29)35(51)49(47(36)4)21-25-13-12-24(32(39)33(25)40)11-10-18-48-16-8-7-9-17-48/h12-15,19-20,22,46,50H,3,5-11,16-18,21H2,1-2,4H3. The summed E-state index contributed by atoms with van der Waals surface area (Å²) in [5.74, 6) is -3.03. The lowest BCUT2D eigenvalue weighted by atomic mass is 9.84. The number of hydrogen-bond donors (Lipinski definition) is 2. The number of hydrazine groups is 1. The van der Waals surface area contributed by atoms with Crippen LogP contribution in [-0.2, 0) is 23.9 Å². The zero-order chi connectivity index (χ0) is 37.1. The molecule has 14 heteroatoms. The van der Waals surface area contributed by atoms with Crippen molar-refractivity contribution in [1.29, 1.82) is 0 Å². The van der Waals surface area contributed by atoms with Crippen LogP contribution in [0.4, 0.5) is 27.6 Å². The molecule has 0 unspecified atom stereocenters. The Morgan fingerprint density at radius 2 is 1.69 bits per heavy atom. The number of aliphatic hydroxyl groups is 1. The number of anilines is 1. The minimum atomic E-state index is -4.73. The Morgan fingerprint density at radius 1 is 1.02 bits per heavy atom. The van der Waals surface area contributed by atoms with Gasteiger partial charge in [0.05, 0.1) is 17.8 Å². The molecule has 0 bridgehead atoms. The molecule has 2 aliphatic rings. The van der Waals surface area contributed by atoms with Gasteiger partial charge in [0.2, 0.25) is 0 Å². The first-order chi connectivity index (χ1) is 24.2. The van der Waals surface area contributed by atoms with Crippen LogP contribution in [0, 0.1) is 11.6 Å². The number of carbonyl (C=O) groups is 1. The summed E-state index contributed by atoms with van der Waals surface area (Å²) < 4.78 is 71.5. The number of nitrogens with zero attached hydrogens (tertiary/aromatic N) is 5. The van der Waals surface area contributed by atoms with Crippen LogP contribution in [0.1, 0.15) is 69.2 Å². The Bertz CT molecular complexity index is 1810. The molecule has 3 aromatic rings. The molecular weight excluding hydrogens is 691 g/mol. The maximum absolute atomic E-state index is 15.6. The SMILES string of the molecule is C=C(Nc1ccc(Cl)cc1-c1cc(C(F)(F)F)ncn1)C1=C(O)C(CC)(CC)N(C)N(Cc2ccc(CCCN3CCCCC3)c(F)c2F)C1=O. The van der Waals surface area contributed by atoms with Crippen molar-refractivity contribution >= 4 is 23.2 Å². The van der Waals surface area contributed by atoms with Crippen molar-refractivity contribution in [3.8, 4) is 11.3 Å². The minimum Gasteiger partial charge on any atom is -0.509 e. The summed E-state index contributed by atoms with van der Waals surface area (Å²) in [4.78, 5) is 23.9. The van der Waals surface area contributed by atoms with Crippen LogP contribution in [-0.4, -0.2) is 68.1 Å². The van der Waals surface area contributed by atoms with E-state index < -0.39 is 35.0 Å². The molecule has 274 valence electrons. The highest BCUT2D eigenvalue weighted by atomic mass is 35.5. The third-order valence-corrected chi connectivity index (χ3v) is 10.2. The van der Waals surface area contributed by atoms with Gasteiger partial charge in [0, 0.05) is 34.6 Å². The van der Waals surface area contributed by atoms with Crippen LogP contribution in [0.5, 0.6) is 0 Å². The number of piperidine rings is 1. The van der Waals surface area contributed by atoms with Crippen LogP contribution in [0.15, 0.2) is 66.3 Å². The van der Waals surface area contributed by atoms with E-state index in [9.17, 15) is 23.1 Å². The average molecular weight is 733 g/mol. The quantitative estimate of drug-likeness (QED) is 0.180. The molecule has 1 amide bonds. The van der Waals surface area contributed by atoms with Crippen molar-refractivity contribution in [2.75, 3.05) is 32.0 Å². The van der Waals surface area contributed by atoms with Crippen LogP contribution in [0.3, 0.4) is 0 Å². The van der Waals surface area contributed by atoms with Crippen LogP contribution >= 0.6 is 11.6 Å². The zero-order valence-corrected chi connectivity index (χ0v) is 29.6. The zero-order valence-electron chi connectivity index (χ0n) is 28.9. The molecule has 0 saturated carbocycles. The summed E-state index contributed by atoms with van der Waals surface area (Å²) in [7, 11) is 1.60. The number of aryl methyl sites for hydroxylation is 1. The van der Waals surface area contributed by atoms with E-state index in [1.807, 2.05) is 13.8 Å². The monoisotopic (exact) mass is 732 g/mol. The molecule has 2 N–H and O–H groups in total. The van der Waals surface area contributed by atoms with Gasteiger partial charge in [0.25, 0.3) is 5.91 Å². The summed E-state index contributed by atoms with van der Waals surface area (Å²) in [6.07, 6.45) is 1.29. The normalized spacial score (nSPS) is 17.3. The van der Waals surface area contributed by atoms with Gasteiger partial charge in [-0.2, -0.15) is 13.2 Å². The minimum absolute atomic E-state index is 0.0443. The first-order valence-electron chi connectivity index (χ1n) is 17.0. The molecule has 1 aromatic heterocycles. The van der Waals surface area contributed by atoms with Crippen molar-refractivity contribution in [2.24, 2.45) is 0 Å². The Morgan fingerprint density at radius 3 is 2.35 bits per heavy atom. The maximum Gasteiger partial charge on any atom is 0.433 e. The summed E-state index contributed by atoms with van der Waals surface area (Å²) in [5, 5.41) is 17.7. The van der Waals surface area contributed by atoms with Crippen molar-refractivity contribution in [3.63, 3.8) is 0 Å². The number of likely N-dealkylation sites (N-methyl/N-ethyl adjacent to an activating group) is 1. The number of nitrogens with one attached hydrogen (secondary N) is 1. The molecule has 5 rings (SSSR count). The summed E-state index contributed by atoms with van der Waals surface area (Å²) in [6.45, 7) is 10.2. The Hall–Kier alpha value is -4.07. The van der Waals surface area contributed by atoms with E-state index in [0.29, 0.717) is 25.7 Å². The first-order valence-corrected chi connectivity index (χ1v) is 17.4. The van der Waals surface area contributed by atoms with E-state index in [4.69, 9.17) is 11.6 Å². The Kier molecular flexibility index (Phi) is 11.7. The molecule has 2 aromatic carbocycles. The number of amides is 1. The van der Waals surface area contributed by atoms with Gasteiger partial charge in [0.15, 0.2) is 11.6 Å². The van der Waals surface area contributed by atoms with E-state index in [1.54, 1.807) is 18.1 Å². The van der Waals surface area contributed by atoms with Crippen LogP contribution in [0.2, 0.25) is 5.02 Å². The predicted octanol–water partition coefficient (Wildman–Crippen LogP) is 8.70. The molecule has 2 aliphatic heterocycles. The average Bonchev–Trinajstić information content (AvgIpc) is 3.11. The van der Waals surface area contributed by atoms with Gasteiger partial charge in [0.1, 0.15) is 23.4 Å². The summed E-state index contributed by atoms with van der Waals surface area (Å²) >= 11 is 6.22. The second-order valence-electron chi connectivity index (χ2n) is 12.9. The highest BCUT2D eigenvalue weighted by molar-refractivity contribution is 6.31. The number of aliphatic hydroxyl groups excluding tert-OH is 1. The van der Waals surface area contributed by atoms with Crippen molar-refractivity contribution < 1.29 is 31.9 Å². The molecule has 51 heavy (non-hydrogen) atoms. The molecule has 1 saturated heterocycles. The topological polar surface area (TPSA) is 84.8 Å². The Labute approximate surface area is 299 Å². The molecule has 0 atom stereocenters. The molecule has 3 heterocycles. The van der Waals surface area contributed by atoms with Gasteiger partial charge >= 0.3 is 6.18 Å². The fraction of sp³-hybridized carbons (Fsp3) is 0.432. The van der Waals surface area contributed by atoms with Gasteiger partial charge in [-0.05, 0) is 88.0 Å². The van der Waals surface area contributed by atoms with Gasteiger partial charge in [-0.1, -0.05) is 50.6 Å². The van der Waals surface area contributed by atoms with Gasteiger partial charge in [-0.25, -0.2) is 23.8 Å². The second-order valence-corrected chi connectivity index (χ2v) is 13.4. The number of benzene rings is 2. The largest absolute Gasteiger partial charge is 0.509 e. The van der Waals surface area contributed by atoms with Crippen molar-refractivity contribution in [3.05, 3.63) is 99.8 Å². The summed E-state index contributed by atoms with van der Waals surface area (Å²) in [6, 6.07) is 8.17. The fourth-order valence-electron chi connectivity index (χ4n) is 6.98. The number of halogens is 6. The number of aromatic nitrogens is 2. The molecule has 1 fully saturated rings. The maximum atomic E-state index is 15.6. The van der Waals surface area contributed by atoms with E-state index in [0.717, 1.165) is 44.9 Å². The Balaban J connectivity index is 1.43. The smallest absolute Gasteiger partial charge is 0.433 e. The van der Waals surface area contributed by atoms with Gasteiger partial charge in [-0.3, -0.25) is 9.80 Å². The van der Waals surface area contributed by atoms with Crippen molar-refractivity contribution in [1.82, 2.24) is 24.9 Å². The molecule has 0 radical (unpaired) electrons. The van der Waals surface area contributed by atoms with E-state index >= 15 is 8.78 Å². The van der Waals surface area contributed by atoms with E-state index in [1.165, 1.54) is 35.7 Å². The fourth-order valence-corrected chi connectivity index (χ4v) is 7.15. The van der Waals surface area contributed by atoms with Crippen molar-refractivity contribution in [2.45, 2.75) is 77.1 Å². The lowest BCUT2D eigenvalue weighted by Gasteiger charge is -2.50. The number of alkyl halides is 3. The third-order valence-electron chi connectivity index (χ3n) is 10.0. The van der Waals surface area contributed by atoms with Gasteiger partial charge < -0.3 is 15.3 Å².